The average molecular weight is 399 g/mol. The molecule has 2 aliphatic heterocycles. The molecule has 0 radical (unpaired) electrons. The van der Waals surface area contributed by atoms with E-state index in [1.165, 1.54) is 0 Å². The molecule has 5 heteroatoms. The lowest BCUT2D eigenvalue weighted by molar-refractivity contribution is -0.149. The topological polar surface area (TPSA) is 60.9 Å². The summed E-state index contributed by atoms with van der Waals surface area (Å²) in [6.07, 6.45) is 6.43. The summed E-state index contributed by atoms with van der Waals surface area (Å²) in [5.41, 5.74) is 1.18. The van der Waals surface area contributed by atoms with E-state index in [4.69, 9.17) is 0 Å². The highest BCUT2D eigenvalue weighted by molar-refractivity contribution is 6.00. The molecule has 2 saturated heterocycles. The van der Waals surface area contributed by atoms with Crippen molar-refractivity contribution >= 4 is 11.8 Å². The molecule has 1 atom stereocenters. The summed E-state index contributed by atoms with van der Waals surface area (Å²) in [6, 6.07) is 8.10. The van der Waals surface area contributed by atoms with Gasteiger partial charge in [0, 0.05) is 24.7 Å². The number of likely N-dealkylation sites (tertiary alicyclic amines) is 2. The van der Waals surface area contributed by atoms with E-state index in [2.05, 4.69) is 19.9 Å². The number of hydrogen-bond donors (Lipinski definition) is 1. The second kappa shape index (κ2) is 8.10. The first-order valence-electron chi connectivity index (χ1n) is 11.3. The number of amides is 2. The first-order valence-corrected chi connectivity index (χ1v) is 11.3. The zero-order valence-corrected chi connectivity index (χ0v) is 17.8. The van der Waals surface area contributed by atoms with E-state index in [-0.39, 0.29) is 24.0 Å². The van der Waals surface area contributed by atoms with Crippen LogP contribution in [0.5, 0.6) is 0 Å². The first kappa shape index (κ1) is 20.4. The van der Waals surface area contributed by atoms with Gasteiger partial charge in [0.15, 0.2) is 0 Å². The fraction of sp³-hybridized carbons (Fsp3) is 0.667. The summed E-state index contributed by atoms with van der Waals surface area (Å²) in [6.45, 7) is 5.70. The molecule has 158 valence electrons. The highest BCUT2D eigenvalue weighted by atomic mass is 16.3. The predicted octanol–water partition coefficient (Wildman–Crippen LogP) is 3.71. The Morgan fingerprint density at radius 1 is 1.10 bits per heavy atom. The number of hydrogen-bond acceptors (Lipinski definition) is 3. The van der Waals surface area contributed by atoms with Crippen molar-refractivity contribution in [2.24, 2.45) is 0 Å². The van der Waals surface area contributed by atoms with Gasteiger partial charge in [0.2, 0.25) is 5.91 Å². The molecule has 2 amide bonds. The van der Waals surface area contributed by atoms with Crippen LogP contribution in [0.4, 0.5) is 0 Å². The van der Waals surface area contributed by atoms with Crippen molar-refractivity contribution < 1.29 is 14.7 Å². The van der Waals surface area contributed by atoms with Crippen molar-refractivity contribution in [1.29, 1.82) is 0 Å². The molecule has 4 rings (SSSR count). The van der Waals surface area contributed by atoms with Crippen LogP contribution in [0.25, 0.3) is 0 Å². The molecule has 1 aromatic rings. The van der Waals surface area contributed by atoms with Crippen LogP contribution >= 0.6 is 0 Å². The van der Waals surface area contributed by atoms with Gasteiger partial charge in [-0.15, -0.1) is 0 Å². The van der Waals surface area contributed by atoms with Gasteiger partial charge in [-0.25, -0.2) is 0 Å². The Hall–Kier alpha value is -1.88. The Balaban J connectivity index is 1.58. The molecule has 1 saturated carbocycles. The molecule has 0 bridgehead atoms. The molecule has 1 spiro atoms. The second-order valence-electron chi connectivity index (χ2n) is 9.44. The van der Waals surface area contributed by atoms with Gasteiger partial charge in [-0.05, 0) is 75.0 Å². The smallest absolute Gasteiger partial charge is 0.254 e. The Labute approximate surface area is 174 Å². The number of nitrogens with zero attached hydrogens (tertiary/aromatic N) is 2. The summed E-state index contributed by atoms with van der Waals surface area (Å²) in [4.78, 5) is 31.1. The predicted molar refractivity (Wildman–Crippen MR) is 113 cm³/mol. The highest BCUT2D eigenvalue weighted by Crippen LogP contribution is 2.41. The third-order valence-corrected chi connectivity index (χ3v) is 7.29. The maximum atomic E-state index is 13.7. The zero-order valence-electron chi connectivity index (χ0n) is 17.8. The molecule has 3 aliphatic rings. The van der Waals surface area contributed by atoms with Crippen LogP contribution in [0.2, 0.25) is 0 Å². The van der Waals surface area contributed by atoms with Crippen LogP contribution in [0.15, 0.2) is 24.3 Å². The molecule has 3 fully saturated rings. The summed E-state index contributed by atoms with van der Waals surface area (Å²) in [5.74, 6) is 0.513. The SMILES string of the molecule is CC(C)c1cccc(C(=O)N2CCCC23CCCN(C2CCC(O)CC2)C3=O)c1. The average Bonchev–Trinajstić information content (AvgIpc) is 3.15. The highest BCUT2D eigenvalue weighted by Gasteiger charge is 2.53. The first-order chi connectivity index (χ1) is 13.9. The van der Waals surface area contributed by atoms with Crippen LogP contribution in [0, 0.1) is 0 Å². The molecule has 1 unspecified atom stereocenters. The lowest BCUT2D eigenvalue weighted by atomic mass is 9.82. The molecule has 2 heterocycles. The number of rotatable bonds is 3. The number of piperidine rings is 1. The molecule has 29 heavy (non-hydrogen) atoms. The van der Waals surface area contributed by atoms with E-state index in [1.54, 1.807) is 0 Å². The summed E-state index contributed by atoms with van der Waals surface area (Å²) in [5, 5.41) is 9.84. The Morgan fingerprint density at radius 2 is 1.79 bits per heavy atom. The Bertz CT molecular complexity index is 769. The zero-order chi connectivity index (χ0) is 20.6. The second-order valence-corrected chi connectivity index (χ2v) is 9.44. The Kier molecular flexibility index (Phi) is 5.69. The van der Waals surface area contributed by atoms with Crippen LogP contribution in [0.1, 0.15) is 87.1 Å². The minimum absolute atomic E-state index is 0.000679. The molecule has 1 aliphatic carbocycles. The van der Waals surface area contributed by atoms with Gasteiger partial charge < -0.3 is 14.9 Å². The van der Waals surface area contributed by atoms with Crippen molar-refractivity contribution in [3.63, 3.8) is 0 Å². The number of carbonyl (C=O) groups is 2. The van der Waals surface area contributed by atoms with Crippen LogP contribution in [-0.4, -0.2) is 57.5 Å². The van der Waals surface area contributed by atoms with Crippen molar-refractivity contribution in [2.45, 2.75) is 88.8 Å². The van der Waals surface area contributed by atoms with E-state index in [0.29, 0.717) is 18.0 Å². The van der Waals surface area contributed by atoms with Crippen molar-refractivity contribution in [3.8, 4) is 0 Å². The molecule has 1 aromatic carbocycles. The lowest BCUT2D eigenvalue weighted by Gasteiger charge is -2.48. The van der Waals surface area contributed by atoms with Crippen molar-refractivity contribution in [2.75, 3.05) is 13.1 Å². The van der Waals surface area contributed by atoms with Gasteiger partial charge in [-0.2, -0.15) is 0 Å². The van der Waals surface area contributed by atoms with Gasteiger partial charge in [-0.1, -0.05) is 26.0 Å². The maximum Gasteiger partial charge on any atom is 0.254 e. The van der Waals surface area contributed by atoms with Gasteiger partial charge >= 0.3 is 0 Å². The molecule has 5 nitrogen and oxygen atoms in total. The molecule has 1 N–H and O–H groups in total. The number of benzene rings is 1. The van der Waals surface area contributed by atoms with Crippen LogP contribution < -0.4 is 0 Å². The largest absolute Gasteiger partial charge is 0.393 e. The van der Waals surface area contributed by atoms with Crippen molar-refractivity contribution in [3.05, 3.63) is 35.4 Å². The molecular weight excluding hydrogens is 364 g/mol. The Morgan fingerprint density at radius 3 is 2.48 bits per heavy atom. The van der Waals surface area contributed by atoms with E-state index >= 15 is 0 Å². The van der Waals surface area contributed by atoms with E-state index in [1.807, 2.05) is 28.0 Å². The fourth-order valence-electron chi connectivity index (χ4n) is 5.58. The number of aliphatic hydroxyl groups is 1. The minimum atomic E-state index is -0.667. The third kappa shape index (κ3) is 3.70. The van der Waals surface area contributed by atoms with E-state index in [0.717, 1.165) is 63.5 Å². The van der Waals surface area contributed by atoms with Gasteiger partial charge in [0.25, 0.3) is 5.91 Å². The van der Waals surface area contributed by atoms with Crippen molar-refractivity contribution in [1.82, 2.24) is 9.80 Å². The molecular formula is C24H34N2O3. The van der Waals surface area contributed by atoms with E-state index < -0.39 is 5.54 Å². The quantitative estimate of drug-likeness (QED) is 0.844. The summed E-state index contributed by atoms with van der Waals surface area (Å²) in [7, 11) is 0. The number of aliphatic hydroxyl groups excluding tert-OH is 1. The monoisotopic (exact) mass is 398 g/mol. The van der Waals surface area contributed by atoms with Gasteiger partial charge in [0.1, 0.15) is 5.54 Å². The minimum Gasteiger partial charge on any atom is -0.393 e. The summed E-state index contributed by atoms with van der Waals surface area (Å²) < 4.78 is 0. The standard InChI is InChI=1S/C24H34N2O3/c1-17(2)18-6-3-7-19(16-18)22(28)26-15-5-13-24(26)12-4-14-25(23(24)29)20-8-10-21(27)11-9-20/h3,6-7,16-17,20-21,27H,4-5,8-15H2,1-2H3. The third-order valence-electron chi connectivity index (χ3n) is 7.29. The maximum absolute atomic E-state index is 13.7. The summed E-state index contributed by atoms with van der Waals surface area (Å²) >= 11 is 0. The van der Waals surface area contributed by atoms with Crippen LogP contribution in [-0.2, 0) is 4.79 Å². The normalized spacial score (nSPS) is 30.4. The van der Waals surface area contributed by atoms with Gasteiger partial charge in [-0.3, -0.25) is 9.59 Å². The fourth-order valence-corrected chi connectivity index (χ4v) is 5.58. The van der Waals surface area contributed by atoms with Gasteiger partial charge in [0.05, 0.1) is 6.10 Å². The number of carbonyl (C=O) groups excluding carboxylic acids is 2. The molecule has 0 aromatic heterocycles. The van der Waals surface area contributed by atoms with Crippen LogP contribution in [0.3, 0.4) is 0 Å². The lowest BCUT2D eigenvalue weighted by Crippen LogP contribution is -2.63. The van der Waals surface area contributed by atoms with E-state index in [9.17, 15) is 14.7 Å².